The summed E-state index contributed by atoms with van der Waals surface area (Å²) in [6.45, 7) is 0. The average Bonchev–Trinajstić information content (AvgIpc) is 3.58. The Kier molecular flexibility index (Phi) is 8.17. The fourth-order valence-corrected chi connectivity index (χ4v) is 19.6. The van der Waals surface area contributed by atoms with Crippen molar-refractivity contribution in [3.63, 3.8) is 0 Å². The van der Waals surface area contributed by atoms with E-state index in [1.165, 1.54) is 105 Å². The smallest absolute Gasteiger partial charge is 0.132 e. The van der Waals surface area contributed by atoms with E-state index in [1.54, 1.807) is 0 Å². The highest BCUT2D eigenvalue weighted by atomic mass is 32.1. The van der Waals surface area contributed by atoms with Crippen LogP contribution in [0.2, 0.25) is 0 Å². The van der Waals surface area contributed by atoms with Gasteiger partial charge in [0, 0.05) is 93.9 Å². The average molecular weight is 1070 g/mol. The predicted octanol–water partition coefficient (Wildman–Crippen LogP) is 20.0. The molecule has 0 N–H and O–H groups in total. The first-order valence-corrected chi connectivity index (χ1v) is 29.7. The quantitative estimate of drug-likeness (QED) is 0.173. The maximum Gasteiger partial charge on any atom is 0.132 e. The predicted molar refractivity (Wildman–Crippen MR) is 327 cm³/mol. The Morgan fingerprint density at radius 3 is 1.03 bits per heavy atom. The van der Waals surface area contributed by atoms with Crippen LogP contribution in [0, 0.1) is 0 Å². The number of ether oxygens (including phenoxy) is 2. The Morgan fingerprint density at radius 2 is 0.615 bits per heavy atom. The Balaban J connectivity index is 1.01. The van der Waals surface area contributed by atoms with Crippen LogP contribution in [0.15, 0.2) is 231 Å². The van der Waals surface area contributed by atoms with Crippen molar-refractivity contribution in [1.29, 1.82) is 0 Å². The minimum atomic E-state index is -0.813. The summed E-state index contributed by atoms with van der Waals surface area (Å²) >= 11 is 7.62. The largest absolute Gasteiger partial charge is 0.457 e. The topological polar surface area (TPSA) is 28.3 Å². The zero-order chi connectivity index (χ0) is 50.6. The molecule has 16 aromatic rings. The Hall–Kier alpha value is -8.76. The van der Waals surface area contributed by atoms with Crippen molar-refractivity contribution in [2.75, 3.05) is 0 Å². The zero-order valence-corrected chi connectivity index (χ0v) is 44.5. The van der Waals surface area contributed by atoms with Gasteiger partial charge >= 0.3 is 0 Å². The van der Waals surface area contributed by atoms with Gasteiger partial charge in [-0.2, -0.15) is 0 Å². The molecule has 0 unspecified atom stereocenters. The number of hydrogen-bond donors (Lipinski definition) is 0. The molecule has 1 aliphatic carbocycles. The first-order chi connectivity index (χ1) is 38.7. The summed E-state index contributed by atoms with van der Waals surface area (Å²) in [5.41, 5.74) is 10.2. The van der Waals surface area contributed by atoms with Gasteiger partial charge in [-0.05, 0) is 96.1 Å². The number of fused-ring (bicyclic) bond motifs is 28. The number of benzene rings is 10. The summed E-state index contributed by atoms with van der Waals surface area (Å²) in [4.78, 5) is 2.54. The lowest BCUT2D eigenvalue weighted by molar-refractivity contribution is 0.418. The number of hydrogen-bond acceptors (Lipinski definition) is 6. The van der Waals surface area contributed by atoms with E-state index in [9.17, 15) is 0 Å². The van der Waals surface area contributed by atoms with E-state index in [0.29, 0.717) is 0 Å². The number of rotatable bonds is 2. The molecular weight excluding hydrogens is 1030 g/mol. The molecule has 0 fully saturated rings. The van der Waals surface area contributed by atoms with E-state index in [4.69, 9.17) is 9.47 Å². The molecule has 3 aliphatic rings. The first-order valence-electron chi connectivity index (χ1n) is 26.4. The van der Waals surface area contributed by atoms with Gasteiger partial charge in [-0.15, -0.1) is 45.3 Å². The molecule has 4 nitrogen and oxygen atoms in total. The first kappa shape index (κ1) is 42.4. The van der Waals surface area contributed by atoms with Gasteiger partial charge in [-0.25, -0.2) is 0 Å². The molecule has 8 heteroatoms. The Labute approximate surface area is 462 Å². The molecule has 0 saturated carbocycles. The summed E-state index contributed by atoms with van der Waals surface area (Å²) in [7, 11) is 0. The molecule has 10 aromatic carbocycles. The van der Waals surface area contributed by atoms with Crippen molar-refractivity contribution in [2.24, 2.45) is 0 Å². The van der Waals surface area contributed by atoms with E-state index in [1.807, 2.05) is 45.3 Å². The standard InChI is InChI=1S/C70H38N2O2S4/c1-9-25-49-39(17-1)63-51(33-35-59-65(63)41-19-3-15-31-57(41)75-59)71(49)61-37-47-67(77-61)70(45-23-7-13-29-55(45)74-56-30-14-8-24-46(56)70)48-38-62(78-68(48)69(47)43-21-5-11-27-53(43)73-54-28-12-6-22-44(54)69)72-50-26-10-2-18-40(50)64-52(72)34-36-60-66(64)42-20-4-16-32-58(42)76-60/h1-38H. The van der Waals surface area contributed by atoms with Gasteiger partial charge in [-0.1, -0.05) is 146 Å². The number of nitrogens with zero attached hydrogens (tertiary/aromatic N) is 2. The second-order valence-electron chi connectivity index (χ2n) is 20.9. The van der Waals surface area contributed by atoms with Crippen LogP contribution in [-0.2, 0) is 10.8 Å². The molecule has 6 aromatic heterocycles. The van der Waals surface area contributed by atoms with Gasteiger partial charge in [-0.3, -0.25) is 0 Å². The van der Waals surface area contributed by atoms with Gasteiger partial charge < -0.3 is 18.6 Å². The van der Waals surface area contributed by atoms with Gasteiger partial charge in [0.25, 0.3) is 0 Å². The van der Waals surface area contributed by atoms with E-state index in [-0.39, 0.29) is 0 Å². The number of aromatic nitrogens is 2. The maximum atomic E-state index is 7.09. The summed E-state index contributed by atoms with van der Waals surface area (Å²) < 4.78 is 24.5. The lowest BCUT2D eigenvalue weighted by atomic mass is 9.54. The molecule has 78 heavy (non-hydrogen) atoms. The third-order valence-corrected chi connectivity index (χ3v) is 22.1. The van der Waals surface area contributed by atoms with Gasteiger partial charge in [0.2, 0.25) is 0 Å². The van der Waals surface area contributed by atoms with Crippen molar-refractivity contribution in [2.45, 2.75) is 10.8 Å². The maximum absolute atomic E-state index is 7.09. The van der Waals surface area contributed by atoms with Crippen LogP contribution in [0.25, 0.3) is 94.0 Å². The molecule has 0 atom stereocenters. The summed E-state index contributed by atoms with van der Waals surface area (Å²) in [5.74, 6) is 3.47. The van der Waals surface area contributed by atoms with E-state index < -0.39 is 10.8 Å². The Bertz CT molecular complexity index is 4860. The molecule has 0 radical (unpaired) electrons. The second-order valence-corrected chi connectivity index (χ2v) is 25.1. The normalized spacial score (nSPS) is 14.6. The van der Waals surface area contributed by atoms with Crippen LogP contribution in [0.3, 0.4) is 0 Å². The lowest BCUT2D eigenvalue weighted by Crippen LogP contribution is -2.45. The molecule has 0 amide bonds. The summed E-state index contributed by atoms with van der Waals surface area (Å²) in [6.07, 6.45) is 0. The van der Waals surface area contributed by atoms with Crippen molar-refractivity contribution < 1.29 is 9.47 Å². The monoisotopic (exact) mass is 1070 g/mol. The summed E-state index contributed by atoms with van der Waals surface area (Å²) in [6, 6.07) is 85.8. The van der Waals surface area contributed by atoms with Crippen LogP contribution in [-0.4, -0.2) is 9.13 Å². The number of para-hydroxylation sites is 6. The summed E-state index contributed by atoms with van der Waals surface area (Å²) in [5, 5.41) is 12.7. The van der Waals surface area contributed by atoms with E-state index in [0.717, 1.165) is 55.3 Å². The molecular formula is C70H38N2O2S4. The molecule has 8 heterocycles. The number of thiophene rings is 4. The van der Waals surface area contributed by atoms with Gasteiger partial charge in [0.1, 0.15) is 33.0 Å². The van der Waals surface area contributed by atoms with Crippen molar-refractivity contribution in [3.05, 3.63) is 274 Å². The molecule has 0 bridgehead atoms. The van der Waals surface area contributed by atoms with Crippen LogP contribution in [0.4, 0.5) is 0 Å². The van der Waals surface area contributed by atoms with Crippen LogP contribution < -0.4 is 9.47 Å². The minimum Gasteiger partial charge on any atom is -0.457 e. The van der Waals surface area contributed by atoms with Gasteiger partial charge in [0.05, 0.1) is 32.9 Å². The van der Waals surface area contributed by atoms with Crippen LogP contribution in [0.1, 0.15) is 43.1 Å². The molecule has 0 saturated heterocycles. The SMILES string of the molecule is c1ccc2c(c1)Oc1ccccc1C21c2cc(-n3c4ccccc4c4c5c(ccc43)sc3ccccc35)sc2C2(c3ccccc3Oc3ccccc32)c2cc(-n3c4ccccc4c4c5c(ccc43)sc3ccccc35)sc21. The highest BCUT2D eigenvalue weighted by Crippen LogP contribution is 2.70. The van der Waals surface area contributed by atoms with Crippen molar-refractivity contribution in [3.8, 4) is 33.0 Å². The molecule has 19 rings (SSSR count). The highest BCUT2D eigenvalue weighted by molar-refractivity contribution is 7.26. The molecule has 2 spiro atoms. The molecule has 2 aliphatic heterocycles. The Morgan fingerprint density at radius 1 is 0.269 bits per heavy atom. The third kappa shape index (κ3) is 5.07. The third-order valence-electron chi connectivity index (χ3n) is 17.3. The fraction of sp³-hybridized carbons (Fsp3) is 0.0286. The zero-order valence-electron chi connectivity index (χ0n) is 41.3. The van der Waals surface area contributed by atoms with Crippen molar-refractivity contribution in [1.82, 2.24) is 9.13 Å². The van der Waals surface area contributed by atoms with E-state index in [2.05, 4.69) is 240 Å². The van der Waals surface area contributed by atoms with Crippen LogP contribution in [0.5, 0.6) is 23.0 Å². The van der Waals surface area contributed by atoms with Crippen molar-refractivity contribution >= 4 is 129 Å². The lowest BCUT2D eigenvalue weighted by Gasteiger charge is -2.50. The fourth-order valence-electron chi connectivity index (χ4n) is 14.4. The van der Waals surface area contributed by atoms with Crippen LogP contribution >= 0.6 is 45.3 Å². The van der Waals surface area contributed by atoms with Gasteiger partial charge in [0.15, 0.2) is 0 Å². The second kappa shape index (κ2) is 15.0. The van der Waals surface area contributed by atoms with E-state index >= 15 is 0 Å². The highest BCUT2D eigenvalue weighted by Gasteiger charge is 2.61. The molecule has 364 valence electrons. The minimum absolute atomic E-state index is 0.813.